The first-order valence-corrected chi connectivity index (χ1v) is 6.00. The molecule has 18 heavy (non-hydrogen) atoms. The van der Waals surface area contributed by atoms with E-state index in [4.69, 9.17) is 0 Å². The van der Waals surface area contributed by atoms with Crippen LogP contribution < -0.4 is 10.6 Å². The summed E-state index contributed by atoms with van der Waals surface area (Å²) in [7, 11) is 0. The molecule has 0 unspecified atom stereocenters. The van der Waals surface area contributed by atoms with Gasteiger partial charge in [-0.2, -0.15) is 0 Å². The fourth-order valence-corrected chi connectivity index (χ4v) is 1.53. The fraction of sp³-hybridized carbons (Fsp3) is 0.385. The molecule has 1 aromatic rings. The predicted octanol–water partition coefficient (Wildman–Crippen LogP) is 2.52. The van der Waals surface area contributed by atoms with Crippen molar-refractivity contribution < 1.29 is 14.0 Å². The third-order valence-corrected chi connectivity index (χ3v) is 2.78. The van der Waals surface area contributed by atoms with Crippen LogP contribution in [0.1, 0.15) is 26.2 Å². The molecule has 2 amide bonds. The third kappa shape index (κ3) is 3.06. The smallest absolute Gasteiger partial charge is 0.227 e. The summed E-state index contributed by atoms with van der Waals surface area (Å²) < 4.78 is 13.5. The Morgan fingerprint density at radius 3 is 2.67 bits per heavy atom. The zero-order chi connectivity index (χ0) is 13.1. The van der Waals surface area contributed by atoms with Crippen molar-refractivity contribution in [1.82, 2.24) is 0 Å². The number of amides is 2. The molecule has 0 spiro atoms. The molecule has 0 heterocycles. The zero-order valence-electron chi connectivity index (χ0n) is 10.1. The van der Waals surface area contributed by atoms with Crippen LogP contribution in [-0.4, -0.2) is 11.8 Å². The van der Waals surface area contributed by atoms with Gasteiger partial charge >= 0.3 is 0 Å². The lowest BCUT2D eigenvalue weighted by molar-refractivity contribution is -0.117. The largest absolute Gasteiger partial charge is 0.326 e. The van der Waals surface area contributed by atoms with Crippen LogP contribution in [-0.2, 0) is 9.59 Å². The molecular formula is C13H15FN2O2. The minimum atomic E-state index is -0.501. The van der Waals surface area contributed by atoms with Crippen molar-refractivity contribution in [2.45, 2.75) is 26.2 Å². The summed E-state index contributed by atoms with van der Waals surface area (Å²) in [6.45, 7) is 1.73. The Balaban J connectivity index is 2.10. The second kappa shape index (κ2) is 5.16. The standard InChI is InChI=1S/C13H15FN2O2/c1-2-12(17)15-9-5-6-10(14)11(7-9)16-13(18)8-3-4-8/h5-8H,2-4H2,1H3,(H,15,17)(H,16,18). The van der Waals surface area contributed by atoms with Gasteiger partial charge in [0.1, 0.15) is 5.82 Å². The van der Waals surface area contributed by atoms with E-state index in [0.717, 1.165) is 12.8 Å². The average Bonchev–Trinajstić information content (AvgIpc) is 3.17. The Hall–Kier alpha value is -1.91. The highest BCUT2D eigenvalue weighted by molar-refractivity contribution is 5.96. The van der Waals surface area contributed by atoms with Crippen LogP contribution in [0.3, 0.4) is 0 Å². The maximum Gasteiger partial charge on any atom is 0.227 e. The molecule has 0 bridgehead atoms. The van der Waals surface area contributed by atoms with Crippen LogP contribution in [0.5, 0.6) is 0 Å². The van der Waals surface area contributed by atoms with Crippen molar-refractivity contribution in [2.24, 2.45) is 5.92 Å². The molecule has 2 rings (SSSR count). The maximum absolute atomic E-state index is 13.5. The van der Waals surface area contributed by atoms with E-state index in [2.05, 4.69) is 10.6 Å². The Kier molecular flexibility index (Phi) is 3.60. The number of benzene rings is 1. The minimum absolute atomic E-state index is 0.0123. The molecule has 96 valence electrons. The van der Waals surface area contributed by atoms with Gasteiger partial charge in [-0.3, -0.25) is 9.59 Å². The van der Waals surface area contributed by atoms with E-state index < -0.39 is 5.82 Å². The molecule has 1 aliphatic carbocycles. The number of nitrogens with one attached hydrogen (secondary N) is 2. The van der Waals surface area contributed by atoms with E-state index in [1.54, 1.807) is 6.92 Å². The third-order valence-electron chi connectivity index (χ3n) is 2.78. The topological polar surface area (TPSA) is 58.2 Å². The van der Waals surface area contributed by atoms with Crippen molar-refractivity contribution >= 4 is 23.2 Å². The van der Waals surface area contributed by atoms with Gasteiger partial charge in [0.05, 0.1) is 5.69 Å². The van der Waals surface area contributed by atoms with Crippen LogP contribution in [0.4, 0.5) is 15.8 Å². The first-order chi connectivity index (χ1) is 8.60. The molecule has 0 aromatic heterocycles. The lowest BCUT2D eigenvalue weighted by Gasteiger charge is -2.09. The Labute approximate surface area is 105 Å². The quantitative estimate of drug-likeness (QED) is 0.862. The minimum Gasteiger partial charge on any atom is -0.326 e. The first kappa shape index (κ1) is 12.5. The van der Waals surface area contributed by atoms with E-state index in [0.29, 0.717) is 12.1 Å². The number of rotatable bonds is 4. The first-order valence-electron chi connectivity index (χ1n) is 6.00. The molecule has 5 heteroatoms. The highest BCUT2D eigenvalue weighted by Crippen LogP contribution is 2.31. The van der Waals surface area contributed by atoms with Gasteiger partial charge in [-0.1, -0.05) is 6.92 Å². The Bertz CT molecular complexity index is 484. The van der Waals surface area contributed by atoms with Crippen molar-refractivity contribution in [3.05, 3.63) is 24.0 Å². The molecule has 0 atom stereocenters. The second-order valence-electron chi connectivity index (χ2n) is 4.36. The summed E-state index contributed by atoms with van der Waals surface area (Å²) in [6.07, 6.45) is 2.07. The molecule has 0 radical (unpaired) electrons. The second-order valence-corrected chi connectivity index (χ2v) is 4.36. The summed E-state index contributed by atoms with van der Waals surface area (Å²) in [6, 6.07) is 4.13. The van der Waals surface area contributed by atoms with E-state index in [1.807, 2.05) is 0 Å². The van der Waals surface area contributed by atoms with Crippen LogP contribution in [0, 0.1) is 11.7 Å². The summed E-state index contributed by atoms with van der Waals surface area (Å²) in [4.78, 5) is 22.8. The van der Waals surface area contributed by atoms with Crippen molar-refractivity contribution in [3.8, 4) is 0 Å². The molecule has 0 saturated heterocycles. The number of anilines is 2. The van der Waals surface area contributed by atoms with Gasteiger partial charge in [-0.15, -0.1) is 0 Å². The zero-order valence-corrected chi connectivity index (χ0v) is 10.1. The monoisotopic (exact) mass is 250 g/mol. The summed E-state index contributed by atoms with van der Waals surface area (Å²) in [5.41, 5.74) is 0.593. The van der Waals surface area contributed by atoms with Gasteiger partial charge in [0.25, 0.3) is 0 Å². The number of halogens is 1. The number of carbonyl (C=O) groups is 2. The highest BCUT2D eigenvalue weighted by atomic mass is 19.1. The summed E-state index contributed by atoms with van der Waals surface area (Å²) >= 11 is 0. The van der Waals surface area contributed by atoms with Gasteiger partial charge in [0.2, 0.25) is 11.8 Å². The number of hydrogen-bond acceptors (Lipinski definition) is 2. The molecule has 4 nitrogen and oxygen atoms in total. The van der Waals surface area contributed by atoms with E-state index in [-0.39, 0.29) is 23.4 Å². The van der Waals surface area contributed by atoms with E-state index in [9.17, 15) is 14.0 Å². The van der Waals surface area contributed by atoms with Crippen molar-refractivity contribution in [2.75, 3.05) is 10.6 Å². The van der Waals surface area contributed by atoms with E-state index in [1.165, 1.54) is 18.2 Å². The van der Waals surface area contributed by atoms with Crippen LogP contribution in [0.15, 0.2) is 18.2 Å². The Morgan fingerprint density at radius 1 is 1.33 bits per heavy atom. The lowest BCUT2D eigenvalue weighted by atomic mass is 10.2. The summed E-state index contributed by atoms with van der Waals surface area (Å²) in [5.74, 6) is -0.800. The van der Waals surface area contributed by atoms with Gasteiger partial charge in [0.15, 0.2) is 0 Å². The molecule has 1 fully saturated rings. The van der Waals surface area contributed by atoms with Crippen LogP contribution in [0.25, 0.3) is 0 Å². The fourth-order valence-electron chi connectivity index (χ4n) is 1.53. The molecule has 0 aliphatic heterocycles. The molecule has 1 aliphatic rings. The molecule has 1 aromatic carbocycles. The van der Waals surface area contributed by atoms with Gasteiger partial charge in [-0.25, -0.2) is 4.39 Å². The van der Waals surface area contributed by atoms with E-state index >= 15 is 0 Å². The van der Waals surface area contributed by atoms with Crippen molar-refractivity contribution in [3.63, 3.8) is 0 Å². The molecular weight excluding hydrogens is 235 g/mol. The van der Waals surface area contributed by atoms with Gasteiger partial charge < -0.3 is 10.6 Å². The van der Waals surface area contributed by atoms with Crippen molar-refractivity contribution in [1.29, 1.82) is 0 Å². The normalized spacial score (nSPS) is 14.1. The van der Waals surface area contributed by atoms with Gasteiger partial charge in [-0.05, 0) is 31.0 Å². The SMILES string of the molecule is CCC(=O)Nc1ccc(F)c(NC(=O)C2CC2)c1. The number of carbonyl (C=O) groups excluding carboxylic acids is 2. The Morgan fingerprint density at radius 2 is 2.06 bits per heavy atom. The number of hydrogen-bond donors (Lipinski definition) is 2. The molecule has 2 N–H and O–H groups in total. The van der Waals surface area contributed by atoms with Crippen LogP contribution >= 0.6 is 0 Å². The van der Waals surface area contributed by atoms with Gasteiger partial charge in [0, 0.05) is 18.0 Å². The maximum atomic E-state index is 13.5. The average molecular weight is 250 g/mol. The predicted molar refractivity (Wildman–Crippen MR) is 66.7 cm³/mol. The molecule has 1 saturated carbocycles. The van der Waals surface area contributed by atoms with Crippen LogP contribution in [0.2, 0.25) is 0 Å². The summed E-state index contributed by atoms with van der Waals surface area (Å²) in [5, 5.41) is 5.16. The lowest BCUT2D eigenvalue weighted by Crippen LogP contribution is -2.15. The highest BCUT2D eigenvalue weighted by Gasteiger charge is 2.30.